The summed E-state index contributed by atoms with van der Waals surface area (Å²) in [6.45, 7) is 5.27. The third-order valence-electron chi connectivity index (χ3n) is 5.46. The first-order valence-electron chi connectivity index (χ1n) is 9.95. The molecule has 8 nitrogen and oxygen atoms in total. The number of rotatable bonds is 5. The normalized spacial score (nSPS) is 19.4. The minimum absolute atomic E-state index is 0.00598. The molecular weight excluding hydrogens is 374 g/mol. The molecule has 0 N–H and O–H groups in total. The van der Waals surface area contributed by atoms with Crippen LogP contribution in [0.4, 0.5) is 0 Å². The van der Waals surface area contributed by atoms with Gasteiger partial charge in [-0.05, 0) is 44.0 Å². The fourth-order valence-electron chi connectivity index (χ4n) is 3.76. The number of likely N-dealkylation sites (tertiary alicyclic amines) is 1. The minimum Gasteiger partial charge on any atom is -0.491 e. The molecule has 3 heterocycles. The second kappa shape index (κ2) is 8.65. The quantitative estimate of drug-likeness (QED) is 0.766. The first-order chi connectivity index (χ1) is 14.1. The lowest BCUT2D eigenvalue weighted by molar-refractivity contribution is 0.0303. The van der Waals surface area contributed by atoms with Crippen molar-refractivity contribution in [1.29, 1.82) is 0 Å². The van der Waals surface area contributed by atoms with Crippen LogP contribution in [0.15, 0.2) is 35.1 Å². The molecule has 1 unspecified atom stereocenters. The first-order valence-corrected chi connectivity index (χ1v) is 9.95. The molecule has 2 amide bonds. The van der Waals surface area contributed by atoms with Crippen LogP contribution in [0.2, 0.25) is 0 Å². The molecule has 0 aliphatic carbocycles. The van der Waals surface area contributed by atoms with E-state index in [0.29, 0.717) is 62.0 Å². The molecule has 0 spiro atoms. The van der Waals surface area contributed by atoms with Gasteiger partial charge in [-0.3, -0.25) is 9.59 Å². The molecule has 1 atom stereocenters. The summed E-state index contributed by atoms with van der Waals surface area (Å²) < 4.78 is 16.1. The van der Waals surface area contributed by atoms with Gasteiger partial charge < -0.3 is 23.8 Å². The zero-order chi connectivity index (χ0) is 20.2. The van der Waals surface area contributed by atoms with Crippen LogP contribution in [0.3, 0.4) is 0 Å². The lowest BCUT2D eigenvalue weighted by Gasteiger charge is -2.27. The average Bonchev–Trinajstić information content (AvgIpc) is 3.41. The second-order valence-corrected chi connectivity index (χ2v) is 7.35. The lowest BCUT2D eigenvalue weighted by Crippen LogP contribution is -2.40. The Morgan fingerprint density at radius 1 is 1.14 bits per heavy atom. The Balaban J connectivity index is 1.34. The topological polar surface area (TPSA) is 85.1 Å². The highest BCUT2D eigenvalue weighted by Crippen LogP contribution is 2.23. The average molecular weight is 399 g/mol. The van der Waals surface area contributed by atoms with Crippen LogP contribution in [0.1, 0.15) is 39.3 Å². The van der Waals surface area contributed by atoms with Crippen molar-refractivity contribution >= 4 is 11.8 Å². The number of morpholine rings is 1. The number of hydrogen-bond acceptors (Lipinski definition) is 6. The van der Waals surface area contributed by atoms with Crippen molar-refractivity contribution in [2.45, 2.75) is 25.8 Å². The van der Waals surface area contributed by atoms with Crippen LogP contribution in [0.25, 0.3) is 0 Å². The summed E-state index contributed by atoms with van der Waals surface area (Å²) >= 11 is 0. The molecule has 2 aromatic rings. The Bertz CT molecular complexity index is 857. The molecule has 1 aromatic carbocycles. The SMILES string of the molecule is Cc1nocc1C(=O)N1CCCC1COc1ccc(C(=O)N2CCOCC2)cc1. The Hall–Kier alpha value is -2.87. The van der Waals surface area contributed by atoms with E-state index in [-0.39, 0.29) is 17.9 Å². The number of hydrogen-bond donors (Lipinski definition) is 0. The predicted octanol–water partition coefficient (Wildman–Crippen LogP) is 2.14. The Morgan fingerprint density at radius 3 is 2.59 bits per heavy atom. The van der Waals surface area contributed by atoms with E-state index in [4.69, 9.17) is 14.0 Å². The van der Waals surface area contributed by atoms with Gasteiger partial charge in [0.1, 0.15) is 24.2 Å². The molecule has 4 rings (SSSR count). The minimum atomic E-state index is -0.0682. The zero-order valence-corrected chi connectivity index (χ0v) is 16.5. The molecule has 0 saturated carbocycles. The van der Waals surface area contributed by atoms with Crippen molar-refractivity contribution < 1.29 is 23.6 Å². The highest BCUT2D eigenvalue weighted by atomic mass is 16.5. The molecule has 2 fully saturated rings. The van der Waals surface area contributed by atoms with Crippen LogP contribution < -0.4 is 4.74 Å². The number of carbonyl (C=O) groups excluding carboxylic acids is 2. The molecule has 1 aromatic heterocycles. The van der Waals surface area contributed by atoms with Crippen molar-refractivity contribution in [3.63, 3.8) is 0 Å². The maximum Gasteiger partial charge on any atom is 0.259 e. The fraction of sp³-hybridized carbons (Fsp3) is 0.476. The standard InChI is InChI=1S/C21H25N3O5/c1-15-19(14-29-22-15)21(26)24-8-2-3-17(24)13-28-18-6-4-16(5-7-18)20(25)23-9-11-27-12-10-23/h4-7,14,17H,2-3,8-13H2,1H3. The van der Waals surface area contributed by atoms with Gasteiger partial charge in [-0.25, -0.2) is 0 Å². The number of benzene rings is 1. The molecule has 0 radical (unpaired) electrons. The van der Waals surface area contributed by atoms with E-state index in [9.17, 15) is 9.59 Å². The van der Waals surface area contributed by atoms with Crippen LogP contribution in [-0.4, -0.2) is 72.3 Å². The number of aromatic nitrogens is 1. The summed E-state index contributed by atoms with van der Waals surface area (Å²) in [5, 5.41) is 3.79. The van der Waals surface area contributed by atoms with Gasteiger partial charge in [0.15, 0.2) is 0 Å². The number of aryl methyl sites for hydroxylation is 1. The Kier molecular flexibility index (Phi) is 5.80. The molecule has 2 aliphatic heterocycles. The van der Waals surface area contributed by atoms with Crippen LogP contribution >= 0.6 is 0 Å². The first kappa shape index (κ1) is 19.4. The van der Waals surface area contributed by atoms with Crippen LogP contribution in [0.5, 0.6) is 5.75 Å². The van der Waals surface area contributed by atoms with E-state index in [2.05, 4.69) is 5.16 Å². The second-order valence-electron chi connectivity index (χ2n) is 7.35. The van der Waals surface area contributed by atoms with Gasteiger partial charge in [0, 0.05) is 25.2 Å². The van der Waals surface area contributed by atoms with Crippen molar-refractivity contribution in [1.82, 2.24) is 15.0 Å². The van der Waals surface area contributed by atoms with Gasteiger partial charge >= 0.3 is 0 Å². The summed E-state index contributed by atoms with van der Waals surface area (Å²) in [5.41, 5.74) is 1.74. The Morgan fingerprint density at radius 2 is 1.90 bits per heavy atom. The third kappa shape index (κ3) is 4.27. The van der Waals surface area contributed by atoms with E-state index in [1.54, 1.807) is 36.1 Å². The van der Waals surface area contributed by atoms with E-state index in [0.717, 1.165) is 12.8 Å². The zero-order valence-electron chi connectivity index (χ0n) is 16.5. The summed E-state index contributed by atoms with van der Waals surface area (Å²) in [7, 11) is 0. The van der Waals surface area contributed by atoms with Crippen molar-refractivity contribution in [2.75, 3.05) is 39.5 Å². The van der Waals surface area contributed by atoms with Gasteiger partial charge in [0.2, 0.25) is 0 Å². The monoisotopic (exact) mass is 399 g/mol. The molecule has 2 aliphatic rings. The van der Waals surface area contributed by atoms with Gasteiger partial charge in [0.25, 0.3) is 11.8 Å². The van der Waals surface area contributed by atoms with Gasteiger partial charge in [-0.2, -0.15) is 0 Å². The van der Waals surface area contributed by atoms with E-state index in [1.807, 2.05) is 4.90 Å². The summed E-state index contributed by atoms with van der Waals surface area (Å²) in [6.07, 6.45) is 3.23. The number of carbonyl (C=O) groups is 2. The van der Waals surface area contributed by atoms with E-state index in [1.165, 1.54) is 6.26 Å². The molecule has 154 valence electrons. The number of ether oxygens (including phenoxy) is 2. The Labute approximate surface area is 169 Å². The van der Waals surface area contributed by atoms with Crippen molar-refractivity contribution in [2.24, 2.45) is 0 Å². The van der Waals surface area contributed by atoms with E-state index < -0.39 is 0 Å². The summed E-state index contributed by atoms with van der Waals surface area (Å²) in [6, 6.07) is 7.18. The molecule has 8 heteroatoms. The molecule has 0 bridgehead atoms. The van der Waals surface area contributed by atoms with E-state index >= 15 is 0 Å². The van der Waals surface area contributed by atoms with Gasteiger partial charge in [-0.15, -0.1) is 0 Å². The fourth-order valence-corrected chi connectivity index (χ4v) is 3.76. The molecular formula is C21H25N3O5. The van der Waals surface area contributed by atoms with Gasteiger partial charge in [0.05, 0.1) is 24.9 Å². The maximum atomic E-state index is 12.7. The van der Waals surface area contributed by atoms with Crippen LogP contribution in [0, 0.1) is 6.92 Å². The molecule has 29 heavy (non-hydrogen) atoms. The maximum absolute atomic E-state index is 12.7. The van der Waals surface area contributed by atoms with Crippen LogP contribution in [-0.2, 0) is 4.74 Å². The lowest BCUT2D eigenvalue weighted by atomic mass is 10.1. The third-order valence-corrected chi connectivity index (χ3v) is 5.46. The van der Waals surface area contributed by atoms with Gasteiger partial charge in [-0.1, -0.05) is 5.16 Å². The predicted molar refractivity (Wildman–Crippen MR) is 104 cm³/mol. The number of amides is 2. The summed E-state index contributed by atoms with van der Waals surface area (Å²) in [5.74, 6) is 0.627. The highest BCUT2D eigenvalue weighted by Gasteiger charge is 2.31. The number of nitrogens with zero attached hydrogens (tertiary/aromatic N) is 3. The largest absolute Gasteiger partial charge is 0.491 e. The summed E-state index contributed by atoms with van der Waals surface area (Å²) in [4.78, 5) is 28.9. The highest BCUT2D eigenvalue weighted by molar-refractivity contribution is 5.95. The molecule has 2 saturated heterocycles. The van der Waals surface area contributed by atoms with Crippen molar-refractivity contribution in [3.05, 3.63) is 47.3 Å². The van der Waals surface area contributed by atoms with Crippen molar-refractivity contribution in [3.8, 4) is 5.75 Å². The smallest absolute Gasteiger partial charge is 0.259 e.